The summed E-state index contributed by atoms with van der Waals surface area (Å²) in [6.45, 7) is 20.7. The molecule has 0 saturated carbocycles. The Balaban J connectivity index is 1.31. The van der Waals surface area contributed by atoms with E-state index in [1.165, 1.54) is 56.9 Å². The number of esters is 2. The molecular formula is C50H83NO8. The first kappa shape index (κ1) is 48.6. The van der Waals surface area contributed by atoms with E-state index in [2.05, 4.69) is 55.4 Å². The lowest BCUT2D eigenvalue weighted by atomic mass is 9.83. The Hall–Kier alpha value is -3.10. The first-order valence-corrected chi connectivity index (χ1v) is 23.5. The highest BCUT2D eigenvalue weighted by molar-refractivity contribution is 5.82. The second-order valence-corrected chi connectivity index (χ2v) is 18.8. The van der Waals surface area contributed by atoms with Crippen LogP contribution in [0.1, 0.15) is 200 Å². The Kier molecular flexibility index (Phi) is 21.1. The molecular weight excluding hydrogens is 743 g/mol. The highest BCUT2D eigenvalue weighted by atomic mass is 16.6. The van der Waals surface area contributed by atoms with E-state index in [0.29, 0.717) is 45.1 Å². The molecule has 336 valence electrons. The van der Waals surface area contributed by atoms with Gasteiger partial charge in [0.2, 0.25) is 5.91 Å². The molecule has 9 nitrogen and oxygen atoms in total. The summed E-state index contributed by atoms with van der Waals surface area (Å²) < 4.78 is 32.0. The third-order valence-electron chi connectivity index (χ3n) is 12.9. The zero-order valence-corrected chi connectivity index (χ0v) is 38.8. The first-order chi connectivity index (χ1) is 28.6. The Labute approximate surface area is 360 Å². The molecule has 1 fully saturated rings. The van der Waals surface area contributed by atoms with Crippen LogP contribution >= 0.6 is 0 Å². The van der Waals surface area contributed by atoms with Gasteiger partial charge in [-0.1, -0.05) is 92.4 Å². The van der Waals surface area contributed by atoms with Crippen LogP contribution in [-0.4, -0.2) is 66.0 Å². The van der Waals surface area contributed by atoms with Gasteiger partial charge >= 0.3 is 11.9 Å². The number of likely N-dealkylation sites (tertiary alicyclic amines) is 1. The van der Waals surface area contributed by atoms with Crippen molar-refractivity contribution in [2.24, 2.45) is 17.8 Å². The van der Waals surface area contributed by atoms with E-state index in [-0.39, 0.29) is 62.3 Å². The number of ether oxygens (including phenoxy) is 4. The van der Waals surface area contributed by atoms with Crippen LogP contribution in [0.5, 0.6) is 11.5 Å². The van der Waals surface area contributed by atoms with Gasteiger partial charge in [0.25, 0.3) is 0 Å². The summed E-state index contributed by atoms with van der Waals surface area (Å²) in [6, 6.07) is -0.271. The van der Waals surface area contributed by atoms with Crippen LogP contribution in [0.15, 0.2) is 0 Å². The molecule has 1 aromatic carbocycles. The van der Waals surface area contributed by atoms with E-state index >= 15 is 0 Å². The lowest BCUT2D eigenvalue weighted by Gasteiger charge is -2.38. The van der Waals surface area contributed by atoms with Gasteiger partial charge in [-0.2, -0.15) is 0 Å². The molecule has 1 aromatic rings. The molecule has 0 radical (unpaired) electrons. The standard InChI is InChI=1S/C50H83NO8/c1-11-42(52)26-27-47(55)58-43-33-38(6)51(34-43)45(53)24-14-12-13-15-25-46(54)56-31-32-57-48-39(7)40(8)49-44(41(48)9)28-30-50(10,59-49)29-18-23-37(5)22-17-21-36(4)20-16-19-35(2)3/h35-38,43H,11-34H2,1-10H3/t36-,37-,38-,43-,50-/m1/s1/i6D. The fourth-order valence-corrected chi connectivity index (χ4v) is 8.82. The summed E-state index contributed by atoms with van der Waals surface area (Å²) in [4.78, 5) is 50.8. The molecule has 0 aliphatic carbocycles. The van der Waals surface area contributed by atoms with Crippen molar-refractivity contribution < 1.29 is 39.5 Å². The molecule has 9 heteroatoms. The Morgan fingerprint density at radius 1 is 0.797 bits per heavy atom. The van der Waals surface area contributed by atoms with Crippen molar-refractivity contribution in [2.75, 3.05) is 19.8 Å². The average molecular weight is 827 g/mol. The van der Waals surface area contributed by atoms with E-state index in [9.17, 15) is 19.2 Å². The molecule has 5 atom stereocenters. The number of Topliss-reactive ketones (excluding diaryl/α,β-unsaturated/α-hetero) is 1. The van der Waals surface area contributed by atoms with Crippen LogP contribution in [0.4, 0.5) is 0 Å². The van der Waals surface area contributed by atoms with Crippen LogP contribution in [0.3, 0.4) is 0 Å². The van der Waals surface area contributed by atoms with Crippen LogP contribution in [0.25, 0.3) is 0 Å². The fraction of sp³-hybridized carbons (Fsp3) is 0.800. The van der Waals surface area contributed by atoms with Crippen molar-refractivity contribution in [1.82, 2.24) is 4.90 Å². The molecule has 2 aliphatic rings. The number of benzene rings is 1. The summed E-state index contributed by atoms with van der Waals surface area (Å²) >= 11 is 0. The zero-order chi connectivity index (χ0) is 44.2. The second-order valence-electron chi connectivity index (χ2n) is 18.8. The van der Waals surface area contributed by atoms with Gasteiger partial charge in [-0.3, -0.25) is 19.2 Å². The van der Waals surface area contributed by atoms with Crippen molar-refractivity contribution in [2.45, 2.75) is 222 Å². The third kappa shape index (κ3) is 17.4. The van der Waals surface area contributed by atoms with E-state index in [0.717, 1.165) is 78.0 Å². The molecule has 3 rings (SSSR count). The lowest BCUT2D eigenvalue weighted by molar-refractivity contribution is -0.150. The number of hydrogen-bond acceptors (Lipinski definition) is 8. The van der Waals surface area contributed by atoms with Crippen molar-refractivity contribution >= 4 is 23.6 Å². The smallest absolute Gasteiger partial charge is 0.306 e. The molecule has 0 aromatic heterocycles. The highest BCUT2D eigenvalue weighted by Crippen LogP contribution is 2.45. The normalized spacial score (nSPS) is 20.1. The van der Waals surface area contributed by atoms with E-state index in [1.54, 1.807) is 11.8 Å². The maximum absolute atomic E-state index is 12.9. The summed E-state index contributed by atoms with van der Waals surface area (Å²) in [7, 11) is 0. The van der Waals surface area contributed by atoms with E-state index in [1.807, 2.05) is 0 Å². The minimum atomic E-state index is -0.432. The van der Waals surface area contributed by atoms with Crippen molar-refractivity contribution in [3.8, 4) is 11.5 Å². The minimum absolute atomic E-state index is 0.0186. The van der Waals surface area contributed by atoms with Gasteiger partial charge in [0.15, 0.2) is 0 Å². The second kappa shape index (κ2) is 25.6. The SMILES string of the molecule is [2H]C[C@@H]1C[C@@H](OC(=O)CCC(=O)CC)CN1C(=O)CCCCCCC(=O)OCCOc1c(C)c(C)c2c(c1C)CC[C@@](C)(CCC[C@H](C)CCC[C@H](C)CCCC(C)C)O2. The van der Waals surface area contributed by atoms with Crippen LogP contribution in [-0.2, 0) is 35.1 Å². The minimum Gasteiger partial charge on any atom is -0.489 e. The Morgan fingerprint density at radius 2 is 1.46 bits per heavy atom. The molecule has 0 N–H and O–H groups in total. The molecule has 59 heavy (non-hydrogen) atoms. The highest BCUT2D eigenvalue weighted by Gasteiger charge is 2.36. The van der Waals surface area contributed by atoms with Gasteiger partial charge in [0.1, 0.15) is 42.2 Å². The van der Waals surface area contributed by atoms with Gasteiger partial charge in [0.05, 0.1) is 13.0 Å². The molecule has 2 heterocycles. The Bertz CT molecular complexity index is 1510. The van der Waals surface area contributed by atoms with Gasteiger partial charge in [-0.15, -0.1) is 0 Å². The number of amides is 1. The monoisotopic (exact) mass is 827 g/mol. The maximum Gasteiger partial charge on any atom is 0.306 e. The number of nitrogens with zero attached hydrogens (tertiary/aromatic N) is 1. The predicted octanol–water partition coefficient (Wildman–Crippen LogP) is 11.7. The third-order valence-corrected chi connectivity index (χ3v) is 12.9. The Morgan fingerprint density at radius 3 is 2.12 bits per heavy atom. The predicted molar refractivity (Wildman–Crippen MR) is 237 cm³/mol. The molecule has 1 saturated heterocycles. The van der Waals surface area contributed by atoms with Gasteiger partial charge < -0.3 is 23.8 Å². The number of ketones is 1. The first-order valence-electron chi connectivity index (χ1n) is 24.2. The molecule has 1 amide bonds. The van der Waals surface area contributed by atoms with Crippen LogP contribution in [0, 0.1) is 38.5 Å². The number of carbonyl (C=O) groups is 4. The number of hydrogen-bond donors (Lipinski definition) is 0. The van der Waals surface area contributed by atoms with Crippen LogP contribution < -0.4 is 9.47 Å². The lowest BCUT2D eigenvalue weighted by Crippen LogP contribution is -2.37. The molecule has 2 aliphatic heterocycles. The maximum atomic E-state index is 12.9. The largest absolute Gasteiger partial charge is 0.489 e. The summed E-state index contributed by atoms with van der Waals surface area (Å²) in [6.07, 6.45) is 17.9. The number of carbonyl (C=O) groups excluding carboxylic acids is 4. The van der Waals surface area contributed by atoms with E-state index in [4.69, 9.17) is 20.3 Å². The van der Waals surface area contributed by atoms with Crippen molar-refractivity contribution in [3.05, 3.63) is 22.3 Å². The number of unbranched alkanes of at least 4 members (excludes halogenated alkanes) is 3. The average Bonchev–Trinajstić information content (AvgIpc) is 3.62. The topological polar surface area (TPSA) is 108 Å². The molecule has 0 unspecified atom stereocenters. The fourth-order valence-electron chi connectivity index (χ4n) is 8.82. The van der Waals surface area contributed by atoms with Crippen molar-refractivity contribution in [1.29, 1.82) is 0 Å². The van der Waals surface area contributed by atoms with Crippen LogP contribution in [0.2, 0.25) is 0 Å². The van der Waals surface area contributed by atoms with E-state index < -0.39 is 12.1 Å². The molecule has 0 bridgehead atoms. The summed E-state index contributed by atoms with van der Waals surface area (Å²) in [5.41, 5.74) is 4.40. The summed E-state index contributed by atoms with van der Waals surface area (Å²) in [5, 5.41) is 0. The number of rotatable bonds is 28. The zero-order valence-electron chi connectivity index (χ0n) is 39.8. The molecule has 0 spiro atoms. The summed E-state index contributed by atoms with van der Waals surface area (Å²) in [5.74, 6) is 3.61. The van der Waals surface area contributed by atoms with Gasteiger partial charge in [0, 0.05) is 45.1 Å². The number of fused-ring (bicyclic) bond motifs is 1. The van der Waals surface area contributed by atoms with Gasteiger partial charge in [-0.25, -0.2) is 0 Å². The van der Waals surface area contributed by atoms with Gasteiger partial charge in [-0.05, 0) is 108 Å². The quantitative estimate of drug-likeness (QED) is 0.0607. The van der Waals surface area contributed by atoms with Crippen molar-refractivity contribution in [3.63, 3.8) is 0 Å².